The van der Waals surface area contributed by atoms with Gasteiger partial charge in [0.1, 0.15) is 18.0 Å². The van der Waals surface area contributed by atoms with Gasteiger partial charge in [-0.2, -0.15) is 0 Å². The molecule has 3 heterocycles. The molecule has 1 aromatic carbocycles. The first-order valence-corrected chi connectivity index (χ1v) is 9.08. The highest BCUT2D eigenvalue weighted by molar-refractivity contribution is 5.46. The highest BCUT2D eigenvalue weighted by Crippen LogP contribution is 2.33. The first-order chi connectivity index (χ1) is 12.2. The largest absolute Gasteiger partial charge is 0.384 e. The Balaban J connectivity index is 1.43. The number of hydrogen-bond donors (Lipinski definition) is 3. The van der Waals surface area contributed by atoms with Crippen LogP contribution in [0.2, 0.25) is 0 Å². The molecule has 0 bridgehead atoms. The molecule has 0 saturated carbocycles. The van der Waals surface area contributed by atoms with E-state index >= 15 is 0 Å². The molecule has 2 aliphatic rings. The molecule has 2 unspecified atom stereocenters. The van der Waals surface area contributed by atoms with Gasteiger partial charge in [0.2, 0.25) is 0 Å². The number of rotatable bonds is 3. The molecule has 25 heavy (non-hydrogen) atoms. The van der Waals surface area contributed by atoms with Gasteiger partial charge in [0.05, 0.1) is 0 Å². The predicted octanol–water partition coefficient (Wildman–Crippen LogP) is 1.84. The lowest BCUT2D eigenvalue weighted by Gasteiger charge is -2.37. The molecule has 1 aromatic heterocycles. The van der Waals surface area contributed by atoms with Crippen LogP contribution in [0.25, 0.3) is 0 Å². The molecular weight excluding hydrogens is 312 g/mol. The van der Waals surface area contributed by atoms with E-state index in [4.69, 9.17) is 5.73 Å². The Labute approximate surface area is 148 Å². The number of piperidine rings is 1. The number of benzene rings is 1. The molecular formula is C19H26N6. The van der Waals surface area contributed by atoms with Crippen LogP contribution in [0.15, 0.2) is 36.7 Å². The maximum Gasteiger partial charge on any atom is 0.134 e. The van der Waals surface area contributed by atoms with E-state index in [1.54, 1.807) is 6.33 Å². The fraction of sp³-hybridized carbons (Fsp3) is 0.474. The van der Waals surface area contributed by atoms with Crippen molar-refractivity contribution in [1.82, 2.24) is 20.8 Å². The van der Waals surface area contributed by atoms with Crippen molar-refractivity contribution in [3.63, 3.8) is 0 Å². The first kappa shape index (κ1) is 16.3. The normalized spacial score (nSPS) is 24.6. The van der Waals surface area contributed by atoms with Crippen LogP contribution in [0.4, 0.5) is 11.6 Å². The van der Waals surface area contributed by atoms with Gasteiger partial charge in [0.25, 0.3) is 0 Å². The van der Waals surface area contributed by atoms with Crippen LogP contribution in [0, 0.1) is 12.8 Å². The van der Waals surface area contributed by atoms with Gasteiger partial charge in [-0.3, -0.25) is 10.9 Å². The number of nitrogens with one attached hydrogen (secondary N) is 2. The van der Waals surface area contributed by atoms with Crippen LogP contribution < -0.4 is 21.5 Å². The fourth-order valence-corrected chi connectivity index (χ4v) is 4.21. The molecule has 4 rings (SSSR count). The Kier molecular flexibility index (Phi) is 4.55. The molecule has 0 aliphatic carbocycles. The van der Waals surface area contributed by atoms with Crippen LogP contribution in [-0.4, -0.2) is 35.6 Å². The van der Waals surface area contributed by atoms with Crippen molar-refractivity contribution in [2.75, 3.05) is 30.3 Å². The number of anilines is 2. The summed E-state index contributed by atoms with van der Waals surface area (Å²) in [6.45, 7) is 5.19. The summed E-state index contributed by atoms with van der Waals surface area (Å²) >= 11 is 0. The second-order valence-corrected chi connectivity index (χ2v) is 7.20. The maximum atomic E-state index is 5.79. The SMILES string of the molecule is Cc1cccc(C2CNNC2C2CCN(c3cc(N)ncn3)CC2)c1. The van der Waals surface area contributed by atoms with Gasteiger partial charge >= 0.3 is 0 Å². The Morgan fingerprint density at radius 3 is 2.76 bits per heavy atom. The third-order valence-electron chi connectivity index (χ3n) is 5.54. The number of hydrazine groups is 1. The van der Waals surface area contributed by atoms with Gasteiger partial charge in [0, 0.05) is 37.7 Å². The summed E-state index contributed by atoms with van der Waals surface area (Å²) in [7, 11) is 0. The topological polar surface area (TPSA) is 79.1 Å². The first-order valence-electron chi connectivity index (χ1n) is 9.08. The zero-order valence-electron chi connectivity index (χ0n) is 14.7. The summed E-state index contributed by atoms with van der Waals surface area (Å²) in [4.78, 5) is 10.7. The minimum atomic E-state index is 0.486. The molecule has 0 amide bonds. The Morgan fingerprint density at radius 2 is 2.00 bits per heavy atom. The predicted molar refractivity (Wildman–Crippen MR) is 100 cm³/mol. The molecule has 2 aromatic rings. The van der Waals surface area contributed by atoms with Gasteiger partial charge in [-0.25, -0.2) is 9.97 Å². The van der Waals surface area contributed by atoms with Crippen molar-refractivity contribution < 1.29 is 0 Å². The summed E-state index contributed by atoms with van der Waals surface area (Å²) in [5.41, 5.74) is 15.5. The highest BCUT2D eigenvalue weighted by Gasteiger charge is 2.36. The van der Waals surface area contributed by atoms with Crippen LogP contribution in [0.5, 0.6) is 0 Å². The average molecular weight is 338 g/mol. The quantitative estimate of drug-likeness (QED) is 0.793. The van der Waals surface area contributed by atoms with Gasteiger partial charge in [-0.1, -0.05) is 29.8 Å². The van der Waals surface area contributed by atoms with E-state index in [9.17, 15) is 0 Å². The van der Waals surface area contributed by atoms with E-state index in [1.807, 2.05) is 6.07 Å². The Hall–Kier alpha value is -2.18. The van der Waals surface area contributed by atoms with E-state index in [0.29, 0.717) is 23.7 Å². The minimum Gasteiger partial charge on any atom is -0.384 e. The lowest BCUT2D eigenvalue weighted by atomic mass is 9.80. The molecule has 2 saturated heterocycles. The minimum absolute atomic E-state index is 0.486. The Bertz CT molecular complexity index is 725. The molecule has 4 N–H and O–H groups in total. The van der Waals surface area contributed by atoms with Crippen LogP contribution in [0.1, 0.15) is 29.9 Å². The van der Waals surface area contributed by atoms with Crippen LogP contribution in [0.3, 0.4) is 0 Å². The zero-order valence-corrected chi connectivity index (χ0v) is 14.7. The summed E-state index contributed by atoms with van der Waals surface area (Å²) in [5, 5.41) is 0. The van der Waals surface area contributed by atoms with Gasteiger partial charge in [-0.05, 0) is 31.2 Å². The van der Waals surface area contributed by atoms with Crippen LogP contribution >= 0.6 is 0 Å². The number of aromatic nitrogens is 2. The second kappa shape index (κ2) is 6.98. The standard InChI is InChI=1S/C19H26N6/c1-13-3-2-4-15(9-13)16-11-23-24-19(16)14-5-7-25(8-6-14)18-10-17(20)21-12-22-18/h2-4,9-10,12,14,16,19,23-24H,5-8,11H2,1H3,(H2,20,21,22). The molecule has 2 atom stereocenters. The molecule has 6 heteroatoms. The van der Waals surface area contributed by atoms with E-state index in [2.05, 4.69) is 56.9 Å². The molecule has 0 spiro atoms. The van der Waals surface area contributed by atoms with Gasteiger partial charge in [-0.15, -0.1) is 0 Å². The fourth-order valence-electron chi connectivity index (χ4n) is 4.21. The zero-order chi connectivity index (χ0) is 17.2. The second-order valence-electron chi connectivity index (χ2n) is 7.20. The number of nitrogens with zero attached hydrogens (tertiary/aromatic N) is 3. The summed E-state index contributed by atoms with van der Waals surface area (Å²) in [5.74, 6) is 2.68. The monoisotopic (exact) mass is 338 g/mol. The van der Waals surface area contributed by atoms with Crippen molar-refractivity contribution in [2.45, 2.75) is 31.7 Å². The third-order valence-corrected chi connectivity index (χ3v) is 5.54. The maximum absolute atomic E-state index is 5.79. The Morgan fingerprint density at radius 1 is 1.16 bits per heavy atom. The van der Waals surface area contributed by atoms with Crippen molar-refractivity contribution in [3.05, 3.63) is 47.8 Å². The molecule has 132 valence electrons. The molecule has 0 radical (unpaired) electrons. The van der Waals surface area contributed by atoms with Crippen molar-refractivity contribution in [1.29, 1.82) is 0 Å². The lowest BCUT2D eigenvalue weighted by Crippen LogP contribution is -2.44. The number of aryl methyl sites for hydroxylation is 1. The van der Waals surface area contributed by atoms with E-state index in [-0.39, 0.29) is 0 Å². The molecule has 6 nitrogen and oxygen atoms in total. The van der Waals surface area contributed by atoms with E-state index in [0.717, 1.165) is 38.3 Å². The molecule has 2 fully saturated rings. The van der Waals surface area contributed by atoms with Crippen molar-refractivity contribution in [2.24, 2.45) is 5.92 Å². The molecule has 2 aliphatic heterocycles. The number of nitrogens with two attached hydrogens (primary N) is 1. The van der Waals surface area contributed by atoms with E-state index in [1.165, 1.54) is 11.1 Å². The van der Waals surface area contributed by atoms with Gasteiger partial charge in [0.15, 0.2) is 0 Å². The van der Waals surface area contributed by atoms with Crippen molar-refractivity contribution in [3.8, 4) is 0 Å². The lowest BCUT2D eigenvalue weighted by molar-refractivity contribution is 0.295. The summed E-state index contributed by atoms with van der Waals surface area (Å²) < 4.78 is 0. The van der Waals surface area contributed by atoms with Gasteiger partial charge < -0.3 is 10.6 Å². The van der Waals surface area contributed by atoms with Crippen LogP contribution in [-0.2, 0) is 0 Å². The average Bonchev–Trinajstić information content (AvgIpc) is 3.12. The third kappa shape index (κ3) is 3.45. The smallest absolute Gasteiger partial charge is 0.134 e. The number of nitrogen functional groups attached to an aromatic ring is 1. The van der Waals surface area contributed by atoms with E-state index < -0.39 is 0 Å². The number of hydrogen-bond acceptors (Lipinski definition) is 6. The summed E-state index contributed by atoms with van der Waals surface area (Å²) in [6.07, 6.45) is 3.87. The van der Waals surface area contributed by atoms with Crippen molar-refractivity contribution >= 4 is 11.6 Å². The summed E-state index contributed by atoms with van der Waals surface area (Å²) in [6, 6.07) is 11.3. The highest BCUT2D eigenvalue weighted by atomic mass is 15.4.